The Bertz CT molecular complexity index is 1050. The summed E-state index contributed by atoms with van der Waals surface area (Å²) in [4.78, 5) is 7.01. The minimum atomic E-state index is -4.08. The molecule has 132 valence electrons. The Morgan fingerprint density at radius 3 is 2.48 bits per heavy atom. The lowest BCUT2D eigenvalue weighted by Crippen LogP contribution is -2.15. The van der Waals surface area contributed by atoms with Crippen molar-refractivity contribution in [3.05, 3.63) is 46.8 Å². The van der Waals surface area contributed by atoms with Crippen molar-refractivity contribution in [2.24, 2.45) is 0 Å². The molecule has 9 heteroatoms. The molecule has 0 bridgehead atoms. The first-order chi connectivity index (χ1) is 11.7. The van der Waals surface area contributed by atoms with E-state index in [1.165, 1.54) is 12.1 Å². The number of aromatic amines is 1. The maximum Gasteiger partial charge on any atom is 0.264 e. The van der Waals surface area contributed by atoms with Crippen LogP contribution in [0.5, 0.6) is 0 Å². The van der Waals surface area contributed by atoms with Gasteiger partial charge in [0.25, 0.3) is 15.9 Å². The van der Waals surface area contributed by atoms with Crippen molar-refractivity contribution in [1.29, 1.82) is 0 Å². The molecule has 7 nitrogen and oxygen atoms in total. The second kappa shape index (κ2) is 5.99. The second-order valence-electron chi connectivity index (χ2n) is 5.81. The number of nitrogens with zero attached hydrogens (tertiary/aromatic N) is 2. The highest BCUT2D eigenvalue weighted by Gasteiger charge is 2.29. The van der Waals surface area contributed by atoms with Gasteiger partial charge in [-0.25, -0.2) is 12.8 Å². The molecule has 0 radical (unpaired) electrons. The molecule has 0 spiro atoms. The van der Waals surface area contributed by atoms with Gasteiger partial charge in [0.05, 0.1) is 11.3 Å². The van der Waals surface area contributed by atoms with E-state index in [1.54, 1.807) is 33.8 Å². The van der Waals surface area contributed by atoms with Crippen molar-refractivity contribution in [2.75, 3.05) is 4.72 Å². The summed E-state index contributed by atoms with van der Waals surface area (Å²) in [5.41, 5.74) is 1.79. The molecule has 0 aliphatic carbocycles. The number of hydrogen-bond donors (Lipinski definition) is 2. The minimum Gasteiger partial charge on any atom is -0.361 e. The summed E-state index contributed by atoms with van der Waals surface area (Å²) in [5, 5.41) is 3.70. The summed E-state index contributed by atoms with van der Waals surface area (Å²) in [7, 11) is -4.08. The van der Waals surface area contributed by atoms with Gasteiger partial charge < -0.3 is 9.51 Å². The van der Waals surface area contributed by atoms with Gasteiger partial charge in [-0.15, -0.1) is 0 Å². The van der Waals surface area contributed by atoms with Gasteiger partial charge in [0.1, 0.15) is 10.7 Å². The van der Waals surface area contributed by atoms with Gasteiger partial charge in [-0.2, -0.15) is 4.98 Å². The van der Waals surface area contributed by atoms with Crippen LogP contribution in [0.3, 0.4) is 0 Å². The van der Waals surface area contributed by atoms with Crippen LogP contribution in [0.2, 0.25) is 0 Å². The number of halogens is 1. The van der Waals surface area contributed by atoms with E-state index in [0.29, 0.717) is 22.8 Å². The molecular weight excluding hydrogens is 347 g/mol. The van der Waals surface area contributed by atoms with Crippen LogP contribution in [0.4, 0.5) is 10.1 Å². The van der Waals surface area contributed by atoms with Crippen LogP contribution < -0.4 is 4.72 Å². The lowest BCUT2D eigenvalue weighted by atomic mass is 10.2. The predicted molar refractivity (Wildman–Crippen MR) is 90.2 cm³/mol. The monoisotopic (exact) mass is 364 g/mol. The highest BCUT2D eigenvalue weighted by molar-refractivity contribution is 7.93. The van der Waals surface area contributed by atoms with Gasteiger partial charge in [-0.3, -0.25) is 4.72 Å². The van der Waals surface area contributed by atoms with Crippen molar-refractivity contribution in [1.82, 2.24) is 15.1 Å². The molecule has 25 heavy (non-hydrogen) atoms. The maximum atomic E-state index is 14.1. The first-order valence-electron chi connectivity index (χ1n) is 7.48. The van der Waals surface area contributed by atoms with Crippen LogP contribution in [0.1, 0.15) is 22.8 Å². The van der Waals surface area contributed by atoms with E-state index in [2.05, 4.69) is 19.8 Å². The zero-order valence-electron chi connectivity index (χ0n) is 14.1. The number of nitrogens with one attached hydrogen (secondary N) is 2. The molecule has 0 saturated carbocycles. The molecule has 3 aromatic rings. The van der Waals surface area contributed by atoms with Crippen LogP contribution in [0.25, 0.3) is 11.5 Å². The molecule has 0 saturated heterocycles. The number of anilines is 1. The molecule has 0 aliphatic heterocycles. The number of H-pyrrole nitrogens is 1. The van der Waals surface area contributed by atoms with Crippen LogP contribution in [0.15, 0.2) is 27.6 Å². The number of benzene rings is 1. The Labute approximate surface area is 144 Å². The molecule has 1 aromatic carbocycles. The van der Waals surface area contributed by atoms with Crippen molar-refractivity contribution in [3.63, 3.8) is 0 Å². The third-order valence-corrected chi connectivity index (χ3v) is 5.23. The normalized spacial score (nSPS) is 11.7. The summed E-state index contributed by atoms with van der Waals surface area (Å²) >= 11 is 0. The van der Waals surface area contributed by atoms with Crippen LogP contribution in [-0.4, -0.2) is 23.5 Å². The van der Waals surface area contributed by atoms with E-state index in [1.807, 2.05) is 0 Å². The van der Waals surface area contributed by atoms with E-state index in [9.17, 15) is 12.8 Å². The average Bonchev–Trinajstić information content (AvgIpc) is 3.05. The van der Waals surface area contributed by atoms with Gasteiger partial charge >= 0.3 is 0 Å². The van der Waals surface area contributed by atoms with Gasteiger partial charge in [0.2, 0.25) is 0 Å². The highest BCUT2D eigenvalue weighted by atomic mass is 32.2. The zero-order valence-corrected chi connectivity index (χ0v) is 15.0. The molecule has 0 aliphatic rings. The predicted octanol–water partition coefficient (Wildman–Crippen LogP) is 3.24. The van der Waals surface area contributed by atoms with Crippen molar-refractivity contribution < 1.29 is 17.3 Å². The van der Waals surface area contributed by atoms with Crippen molar-refractivity contribution >= 4 is 15.7 Å². The topological polar surface area (TPSA) is 101 Å². The molecule has 0 unspecified atom stereocenters. The fourth-order valence-electron chi connectivity index (χ4n) is 2.65. The van der Waals surface area contributed by atoms with Crippen LogP contribution >= 0.6 is 0 Å². The van der Waals surface area contributed by atoms with Gasteiger partial charge in [0, 0.05) is 11.4 Å². The number of hydrogen-bond acceptors (Lipinski definition) is 5. The summed E-state index contributed by atoms with van der Waals surface area (Å²) in [6, 6.07) is 4.27. The molecule has 2 aromatic heterocycles. The van der Waals surface area contributed by atoms with Gasteiger partial charge in [0.15, 0.2) is 5.82 Å². The Kier molecular flexibility index (Phi) is 4.11. The van der Waals surface area contributed by atoms with E-state index < -0.39 is 15.8 Å². The summed E-state index contributed by atoms with van der Waals surface area (Å²) < 4.78 is 47.2. The smallest absolute Gasteiger partial charge is 0.264 e. The molecular formula is C16H17FN4O3S. The van der Waals surface area contributed by atoms with E-state index in [0.717, 1.165) is 0 Å². The summed E-state index contributed by atoms with van der Waals surface area (Å²) in [5.74, 6) is -0.179. The Balaban J connectivity index is 2.12. The third kappa shape index (κ3) is 3.14. The standard InChI is InChI=1S/C16H17FN4O3S/c1-8-5-6-13(12(17)7-8)21-25(22,23)15-10(3)18-9(2)14(15)16-19-11(4)20-24-16/h5-7,18,21H,1-4H3. The SMILES string of the molecule is Cc1ccc(NS(=O)(=O)c2c(C)[nH]c(C)c2-c2nc(C)no2)c(F)c1. The number of aromatic nitrogens is 3. The molecule has 2 heterocycles. The number of rotatable bonds is 4. The lowest BCUT2D eigenvalue weighted by molar-refractivity contribution is 0.424. The summed E-state index contributed by atoms with van der Waals surface area (Å²) in [6.45, 7) is 6.67. The van der Waals surface area contributed by atoms with E-state index in [-0.39, 0.29) is 22.0 Å². The van der Waals surface area contributed by atoms with Gasteiger partial charge in [-0.05, 0) is 45.4 Å². The average molecular weight is 364 g/mol. The van der Waals surface area contributed by atoms with Crippen molar-refractivity contribution in [2.45, 2.75) is 32.6 Å². The van der Waals surface area contributed by atoms with Gasteiger partial charge in [-0.1, -0.05) is 11.2 Å². The molecule has 2 N–H and O–H groups in total. The van der Waals surface area contributed by atoms with Crippen molar-refractivity contribution in [3.8, 4) is 11.5 Å². The van der Waals surface area contributed by atoms with Crippen LogP contribution in [-0.2, 0) is 10.0 Å². The Hall–Kier alpha value is -2.68. The second-order valence-corrected chi connectivity index (χ2v) is 7.43. The quantitative estimate of drug-likeness (QED) is 0.740. The Morgan fingerprint density at radius 2 is 1.88 bits per heavy atom. The largest absolute Gasteiger partial charge is 0.361 e. The molecule has 3 rings (SSSR count). The molecule has 0 fully saturated rings. The first-order valence-corrected chi connectivity index (χ1v) is 8.96. The first kappa shape index (κ1) is 17.2. The van der Waals surface area contributed by atoms with E-state index in [4.69, 9.17) is 4.52 Å². The number of aryl methyl sites for hydroxylation is 4. The van der Waals surface area contributed by atoms with E-state index >= 15 is 0 Å². The molecule has 0 amide bonds. The number of sulfonamides is 1. The zero-order chi connectivity index (χ0) is 18.4. The Morgan fingerprint density at radius 1 is 1.16 bits per heavy atom. The summed E-state index contributed by atoms with van der Waals surface area (Å²) in [6.07, 6.45) is 0. The third-order valence-electron chi connectivity index (χ3n) is 3.70. The molecule has 0 atom stereocenters. The highest BCUT2D eigenvalue weighted by Crippen LogP contribution is 2.33. The minimum absolute atomic E-state index is 0.0476. The van der Waals surface area contributed by atoms with Crippen LogP contribution in [0, 0.1) is 33.5 Å². The fourth-order valence-corrected chi connectivity index (χ4v) is 4.17. The fraction of sp³-hybridized carbons (Fsp3) is 0.250. The lowest BCUT2D eigenvalue weighted by Gasteiger charge is -2.10. The maximum absolute atomic E-state index is 14.1.